The molecule has 0 bridgehead atoms. The number of amides is 2. The van der Waals surface area contributed by atoms with Gasteiger partial charge in [-0.15, -0.1) is 0 Å². The minimum absolute atomic E-state index is 0.00518. The second-order valence-corrected chi connectivity index (χ2v) is 7.11. The summed E-state index contributed by atoms with van der Waals surface area (Å²) in [6, 6.07) is -0.331. The quantitative estimate of drug-likeness (QED) is 0.713. The Morgan fingerprint density at radius 3 is 2.96 bits per heavy atom. The van der Waals surface area contributed by atoms with Gasteiger partial charge in [-0.25, -0.2) is 0 Å². The number of likely N-dealkylation sites (N-methyl/N-ethyl adjacent to an activating group) is 1. The molecule has 1 aromatic heterocycles. The molecule has 2 fully saturated rings. The minimum Gasteiger partial charge on any atom is -0.389 e. The number of rotatable bonds is 4. The Balaban J connectivity index is 1.64. The third kappa shape index (κ3) is 4.13. The second kappa shape index (κ2) is 8.01. The van der Waals surface area contributed by atoms with Crippen LogP contribution in [0.3, 0.4) is 0 Å². The molecule has 1 aliphatic heterocycles. The van der Waals surface area contributed by atoms with E-state index >= 15 is 0 Å². The Morgan fingerprint density at radius 1 is 1.46 bits per heavy atom. The number of nitrogens with one attached hydrogen (secondary N) is 1. The van der Waals surface area contributed by atoms with E-state index in [0.717, 1.165) is 31.4 Å². The summed E-state index contributed by atoms with van der Waals surface area (Å²) in [7, 11) is 3.56. The summed E-state index contributed by atoms with van der Waals surface area (Å²) in [5.74, 6) is -0.149. The Bertz CT molecular complexity index is 686. The van der Waals surface area contributed by atoms with Gasteiger partial charge in [-0.2, -0.15) is 5.10 Å². The summed E-state index contributed by atoms with van der Waals surface area (Å²) >= 11 is 0. The van der Waals surface area contributed by atoms with Crippen LogP contribution in [0, 0.1) is 0 Å². The zero-order valence-electron chi connectivity index (χ0n) is 15.3. The van der Waals surface area contributed by atoms with Gasteiger partial charge in [0.2, 0.25) is 11.8 Å². The SMILES string of the molecule is CN(C(=O)/C=C/c1cnn(C)c1)[C@@H]1CCC[C@@H](N2CCNC(=O)C2)[C@@H]1O. The number of aliphatic hydroxyl groups excluding tert-OH is 1. The first kappa shape index (κ1) is 18.6. The lowest BCUT2D eigenvalue weighted by Gasteiger charge is -2.45. The molecular weight excluding hydrogens is 334 g/mol. The first-order chi connectivity index (χ1) is 12.5. The van der Waals surface area contributed by atoms with Crippen LogP contribution >= 0.6 is 0 Å². The van der Waals surface area contributed by atoms with Crippen LogP contribution in [0.1, 0.15) is 24.8 Å². The number of hydrogen-bond donors (Lipinski definition) is 2. The zero-order chi connectivity index (χ0) is 18.7. The third-order valence-corrected chi connectivity index (χ3v) is 5.31. The predicted molar refractivity (Wildman–Crippen MR) is 97.0 cm³/mol. The molecular formula is C18H27N5O3. The van der Waals surface area contributed by atoms with Crippen molar-refractivity contribution in [2.24, 2.45) is 7.05 Å². The van der Waals surface area contributed by atoms with Crippen LogP contribution in [0.25, 0.3) is 6.08 Å². The van der Waals surface area contributed by atoms with Gasteiger partial charge in [0.05, 0.1) is 24.9 Å². The Kier molecular flexibility index (Phi) is 5.73. The van der Waals surface area contributed by atoms with Crippen LogP contribution in [-0.4, -0.2) is 81.4 Å². The smallest absolute Gasteiger partial charge is 0.246 e. The van der Waals surface area contributed by atoms with Gasteiger partial charge in [0.25, 0.3) is 0 Å². The van der Waals surface area contributed by atoms with E-state index in [1.165, 1.54) is 6.08 Å². The average Bonchev–Trinajstić information content (AvgIpc) is 3.04. The van der Waals surface area contributed by atoms with Gasteiger partial charge >= 0.3 is 0 Å². The van der Waals surface area contributed by atoms with Gasteiger partial charge in [0.15, 0.2) is 0 Å². The molecule has 2 amide bonds. The maximum absolute atomic E-state index is 12.5. The first-order valence-corrected chi connectivity index (χ1v) is 9.08. The van der Waals surface area contributed by atoms with E-state index in [2.05, 4.69) is 10.4 Å². The van der Waals surface area contributed by atoms with Gasteiger partial charge < -0.3 is 15.3 Å². The summed E-state index contributed by atoms with van der Waals surface area (Å²) < 4.78 is 1.68. The van der Waals surface area contributed by atoms with E-state index in [1.54, 1.807) is 28.9 Å². The Morgan fingerprint density at radius 2 is 2.27 bits per heavy atom. The van der Waals surface area contributed by atoms with Crippen molar-refractivity contribution in [1.82, 2.24) is 24.9 Å². The van der Waals surface area contributed by atoms with Crippen LogP contribution in [-0.2, 0) is 16.6 Å². The molecule has 8 nitrogen and oxygen atoms in total. The summed E-state index contributed by atoms with van der Waals surface area (Å²) in [6.07, 6.45) is 8.64. The minimum atomic E-state index is -0.657. The van der Waals surface area contributed by atoms with E-state index in [1.807, 2.05) is 18.1 Å². The number of carbonyl (C=O) groups is 2. The Hall–Kier alpha value is -2.19. The van der Waals surface area contributed by atoms with Crippen LogP contribution in [0.2, 0.25) is 0 Å². The number of carbonyl (C=O) groups excluding carboxylic acids is 2. The number of aliphatic hydroxyl groups is 1. The fraction of sp³-hybridized carbons (Fsp3) is 0.611. The van der Waals surface area contributed by atoms with E-state index in [-0.39, 0.29) is 23.9 Å². The molecule has 1 aliphatic carbocycles. The molecule has 3 rings (SSSR count). The third-order valence-electron chi connectivity index (χ3n) is 5.31. The molecule has 3 atom stereocenters. The molecule has 2 aliphatic rings. The van der Waals surface area contributed by atoms with Crippen molar-refractivity contribution in [2.75, 3.05) is 26.7 Å². The van der Waals surface area contributed by atoms with Crippen molar-refractivity contribution in [3.63, 3.8) is 0 Å². The highest BCUT2D eigenvalue weighted by molar-refractivity contribution is 5.91. The van der Waals surface area contributed by atoms with Crippen molar-refractivity contribution in [3.8, 4) is 0 Å². The largest absolute Gasteiger partial charge is 0.389 e. The number of piperazine rings is 1. The van der Waals surface area contributed by atoms with Crippen molar-refractivity contribution in [1.29, 1.82) is 0 Å². The van der Waals surface area contributed by atoms with Gasteiger partial charge in [0, 0.05) is 51.1 Å². The number of aromatic nitrogens is 2. The summed E-state index contributed by atoms with van der Waals surface area (Å²) in [4.78, 5) is 27.8. The highest BCUT2D eigenvalue weighted by atomic mass is 16.3. The van der Waals surface area contributed by atoms with Crippen molar-refractivity contribution >= 4 is 17.9 Å². The predicted octanol–water partition coefficient (Wildman–Crippen LogP) is -0.394. The standard InChI is InChI=1S/C18H27N5O3/c1-21-11-13(10-20-21)6-7-17(25)22(2)14-4-3-5-15(18(14)26)23-9-8-19-16(24)12-23/h6-7,10-11,14-15,18,26H,3-5,8-9,12H2,1-2H3,(H,19,24)/b7-6+/t14-,15-,18-/m1/s1. The highest BCUT2D eigenvalue weighted by Gasteiger charge is 2.39. The van der Waals surface area contributed by atoms with Crippen LogP contribution in [0.15, 0.2) is 18.5 Å². The van der Waals surface area contributed by atoms with Crippen LogP contribution in [0.5, 0.6) is 0 Å². The Labute approximate surface area is 153 Å². The monoisotopic (exact) mass is 361 g/mol. The van der Waals surface area contributed by atoms with Gasteiger partial charge in [-0.05, 0) is 25.3 Å². The fourth-order valence-corrected chi connectivity index (χ4v) is 3.87. The highest BCUT2D eigenvalue weighted by Crippen LogP contribution is 2.27. The lowest BCUT2D eigenvalue weighted by atomic mass is 9.86. The number of nitrogens with zero attached hydrogens (tertiary/aromatic N) is 4. The maximum Gasteiger partial charge on any atom is 0.246 e. The molecule has 0 radical (unpaired) electrons. The summed E-state index contributed by atoms with van der Waals surface area (Å²) in [5, 5.41) is 17.8. The molecule has 0 spiro atoms. The normalized spacial score (nSPS) is 27.5. The molecule has 8 heteroatoms. The first-order valence-electron chi connectivity index (χ1n) is 9.08. The van der Waals surface area contributed by atoms with E-state index in [9.17, 15) is 14.7 Å². The molecule has 142 valence electrons. The lowest BCUT2D eigenvalue weighted by Crippen LogP contribution is -2.60. The van der Waals surface area contributed by atoms with Crippen LogP contribution < -0.4 is 5.32 Å². The number of aryl methyl sites for hydroxylation is 1. The second-order valence-electron chi connectivity index (χ2n) is 7.11. The molecule has 1 aromatic rings. The summed E-state index contributed by atoms with van der Waals surface area (Å²) in [5.41, 5.74) is 0.857. The fourth-order valence-electron chi connectivity index (χ4n) is 3.87. The molecule has 1 saturated heterocycles. The van der Waals surface area contributed by atoms with E-state index in [0.29, 0.717) is 13.1 Å². The molecule has 0 unspecified atom stereocenters. The van der Waals surface area contributed by atoms with Crippen LogP contribution in [0.4, 0.5) is 0 Å². The zero-order valence-corrected chi connectivity index (χ0v) is 15.3. The molecule has 1 saturated carbocycles. The topological polar surface area (TPSA) is 90.7 Å². The van der Waals surface area contributed by atoms with Crippen molar-refractivity contribution in [3.05, 3.63) is 24.0 Å². The maximum atomic E-state index is 12.5. The lowest BCUT2D eigenvalue weighted by molar-refractivity contribution is -0.135. The number of hydrogen-bond acceptors (Lipinski definition) is 5. The van der Waals surface area contributed by atoms with Gasteiger partial charge in [-0.1, -0.05) is 0 Å². The van der Waals surface area contributed by atoms with Gasteiger partial charge in [-0.3, -0.25) is 19.2 Å². The molecule has 2 N–H and O–H groups in total. The van der Waals surface area contributed by atoms with E-state index in [4.69, 9.17) is 0 Å². The van der Waals surface area contributed by atoms with Crippen molar-refractivity contribution in [2.45, 2.75) is 37.5 Å². The van der Waals surface area contributed by atoms with Crippen molar-refractivity contribution < 1.29 is 14.7 Å². The molecule has 0 aromatic carbocycles. The summed E-state index contributed by atoms with van der Waals surface area (Å²) in [6.45, 7) is 1.65. The average molecular weight is 361 g/mol. The van der Waals surface area contributed by atoms with E-state index < -0.39 is 6.10 Å². The van der Waals surface area contributed by atoms with Gasteiger partial charge in [0.1, 0.15) is 0 Å². The molecule has 2 heterocycles. The molecule has 26 heavy (non-hydrogen) atoms.